The first kappa shape index (κ1) is 9.01. The number of rotatable bonds is 3. The molecule has 1 heterocycles. The first-order valence-corrected chi connectivity index (χ1v) is 4.61. The monoisotopic (exact) mass is 157 g/mol. The Balaban J connectivity index is 2.25. The van der Waals surface area contributed by atoms with Gasteiger partial charge in [-0.15, -0.1) is 0 Å². The first-order valence-electron chi connectivity index (χ1n) is 4.61. The molecule has 0 aromatic rings. The summed E-state index contributed by atoms with van der Waals surface area (Å²) in [5.74, 6) is 0. The van der Waals surface area contributed by atoms with Crippen LogP contribution in [-0.2, 0) is 4.74 Å². The van der Waals surface area contributed by atoms with Crippen molar-refractivity contribution < 1.29 is 4.74 Å². The van der Waals surface area contributed by atoms with Crippen LogP contribution in [-0.4, -0.2) is 25.3 Å². The predicted molar refractivity (Wildman–Crippen MR) is 46.8 cm³/mol. The van der Waals surface area contributed by atoms with Gasteiger partial charge in [0.25, 0.3) is 0 Å². The fraction of sp³-hybridized carbons (Fsp3) is 1.00. The van der Waals surface area contributed by atoms with E-state index in [1.807, 2.05) is 0 Å². The van der Waals surface area contributed by atoms with E-state index < -0.39 is 0 Å². The molecule has 0 spiro atoms. The van der Waals surface area contributed by atoms with Crippen LogP contribution in [0.25, 0.3) is 0 Å². The van der Waals surface area contributed by atoms with Crippen LogP contribution < -0.4 is 5.32 Å². The third-order valence-corrected chi connectivity index (χ3v) is 2.32. The number of nitrogens with one attached hydrogen (secondary N) is 1. The molecule has 1 rings (SSSR count). The molecule has 1 aliphatic rings. The Hall–Kier alpha value is -0.0800. The van der Waals surface area contributed by atoms with Crippen molar-refractivity contribution in [2.24, 2.45) is 0 Å². The Labute approximate surface area is 69.3 Å². The summed E-state index contributed by atoms with van der Waals surface area (Å²) in [6.45, 7) is 7.52. The van der Waals surface area contributed by atoms with Gasteiger partial charge < -0.3 is 10.1 Å². The van der Waals surface area contributed by atoms with Gasteiger partial charge in [0.2, 0.25) is 0 Å². The van der Waals surface area contributed by atoms with Crippen LogP contribution in [0.15, 0.2) is 0 Å². The van der Waals surface area contributed by atoms with Crippen molar-refractivity contribution in [1.82, 2.24) is 5.32 Å². The number of piperidine rings is 1. The molecule has 0 aromatic carbocycles. The summed E-state index contributed by atoms with van der Waals surface area (Å²) in [6.07, 6.45) is 3.45. The molecule has 11 heavy (non-hydrogen) atoms. The van der Waals surface area contributed by atoms with Gasteiger partial charge in [0.1, 0.15) is 0 Å². The summed E-state index contributed by atoms with van der Waals surface area (Å²) in [5.41, 5.74) is 0.168. The van der Waals surface area contributed by atoms with Crippen molar-refractivity contribution in [3.05, 3.63) is 0 Å². The lowest BCUT2D eigenvalue weighted by Gasteiger charge is -2.33. The fourth-order valence-corrected chi connectivity index (χ4v) is 1.45. The number of hydrogen-bond donors (Lipinski definition) is 1. The lowest BCUT2D eigenvalue weighted by Crippen LogP contribution is -2.41. The topological polar surface area (TPSA) is 21.3 Å². The Morgan fingerprint density at radius 3 is 2.55 bits per heavy atom. The number of hydrogen-bond acceptors (Lipinski definition) is 2. The Morgan fingerprint density at radius 2 is 2.00 bits per heavy atom. The van der Waals surface area contributed by atoms with E-state index in [0.29, 0.717) is 0 Å². The van der Waals surface area contributed by atoms with E-state index in [4.69, 9.17) is 4.74 Å². The van der Waals surface area contributed by atoms with E-state index in [1.165, 1.54) is 0 Å². The van der Waals surface area contributed by atoms with Crippen molar-refractivity contribution in [1.29, 1.82) is 0 Å². The lowest BCUT2D eigenvalue weighted by atomic mass is 9.95. The van der Waals surface area contributed by atoms with Gasteiger partial charge in [-0.25, -0.2) is 0 Å². The third-order valence-electron chi connectivity index (χ3n) is 2.32. The molecule has 0 amide bonds. The molecule has 1 fully saturated rings. The highest BCUT2D eigenvalue weighted by Crippen LogP contribution is 2.21. The van der Waals surface area contributed by atoms with Gasteiger partial charge >= 0.3 is 0 Å². The van der Waals surface area contributed by atoms with Gasteiger partial charge in [-0.2, -0.15) is 0 Å². The van der Waals surface area contributed by atoms with Crippen LogP contribution in [0, 0.1) is 0 Å². The molecule has 0 aliphatic carbocycles. The van der Waals surface area contributed by atoms with Crippen LogP contribution in [0.1, 0.15) is 33.1 Å². The Morgan fingerprint density at radius 1 is 1.36 bits per heavy atom. The first-order chi connectivity index (χ1) is 5.27. The largest absolute Gasteiger partial charge is 0.375 e. The highest BCUT2D eigenvalue weighted by atomic mass is 16.5. The third kappa shape index (κ3) is 2.80. The molecule has 1 aliphatic heterocycles. The molecular formula is C9H19NO. The predicted octanol–water partition coefficient (Wildman–Crippen LogP) is 1.56. The van der Waals surface area contributed by atoms with E-state index in [1.54, 1.807) is 0 Å². The zero-order valence-electron chi connectivity index (χ0n) is 7.65. The SMILES string of the molecule is CCCOC1(C)CCNCC1. The van der Waals surface area contributed by atoms with Crippen molar-refractivity contribution in [3.63, 3.8) is 0 Å². The summed E-state index contributed by atoms with van der Waals surface area (Å²) in [6, 6.07) is 0. The molecule has 66 valence electrons. The molecule has 1 N–H and O–H groups in total. The molecule has 0 atom stereocenters. The van der Waals surface area contributed by atoms with E-state index in [9.17, 15) is 0 Å². The second-order valence-electron chi connectivity index (χ2n) is 3.55. The summed E-state index contributed by atoms with van der Waals surface area (Å²) in [5, 5.41) is 3.34. The minimum Gasteiger partial charge on any atom is -0.375 e. The smallest absolute Gasteiger partial charge is 0.0678 e. The summed E-state index contributed by atoms with van der Waals surface area (Å²) in [7, 11) is 0. The van der Waals surface area contributed by atoms with Gasteiger partial charge in [0.05, 0.1) is 5.60 Å². The summed E-state index contributed by atoms with van der Waals surface area (Å²) < 4.78 is 5.78. The van der Waals surface area contributed by atoms with Crippen LogP contribution in [0.5, 0.6) is 0 Å². The molecule has 2 nitrogen and oxygen atoms in total. The van der Waals surface area contributed by atoms with Crippen LogP contribution in [0.4, 0.5) is 0 Å². The Kier molecular flexibility index (Phi) is 3.34. The average molecular weight is 157 g/mol. The Bertz CT molecular complexity index is 108. The zero-order valence-corrected chi connectivity index (χ0v) is 7.65. The van der Waals surface area contributed by atoms with Gasteiger partial charge in [0, 0.05) is 6.61 Å². The minimum absolute atomic E-state index is 0.168. The van der Waals surface area contributed by atoms with Crippen LogP contribution >= 0.6 is 0 Å². The second-order valence-corrected chi connectivity index (χ2v) is 3.55. The van der Waals surface area contributed by atoms with E-state index >= 15 is 0 Å². The average Bonchev–Trinajstić information content (AvgIpc) is 2.03. The molecular weight excluding hydrogens is 138 g/mol. The molecule has 1 saturated heterocycles. The van der Waals surface area contributed by atoms with Gasteiger partial charge in [0.15, 0.2) is 0 Å². The maximum absolute atomic E-state index is 5.78. The normalized spacial score (nSPS) is 23.5. The standard InChI is InChI=1S/C9H19NO/c1-3-8-11-9(2)4-6-10-7-5-9/h10H,3-8H2,1-2H3. The van der Waals surface area contributed by atoms with Crippen molar-refractivity contribution in [2.45, 2.75) is 38.7 Å². The minimum atomic E-state index is 0.168. The van der Waals surface area contributed by atoms with Gasteiger partial charge in [-0.1, -0.05) is 6.92 Å². The summed E-state index contributed by atoms with van der Waals surface area (Å²) >= 11 is 0. The quantitative estimate of drug-likeness (QED) is 0.671. The van der Waals surface area contributed by atoms with Crippen molar-refractivity contribution in [3.8, 4) is 0 Å². The molecule has 0 unspecified atom stereocenters. The molecule has 0 saturated carbocycles. The van der Waals surface area contributed by atoms with Crippen molar-refractivity contribution in [2.75, 3.05) is 19.7 Å². The fourth-order valence-electron chi connectivity index (χ4n) is 1.45. The maximum Gasteiger partial charge on any atom is 0.0678 e. The molecule has 0 bridgehead atoms. The second kappa shape index (κ2) is 4.07. The summed E-state index contributed by atoms with van der Waals surface area (Å²) in [4.78, 5) is 0. The molecule has 2 heteroatoms. The molecule has 0 radical (unpaired) electrons. The van der Waals surface area contributed by atoms with Crippen LogP contribution in [0.2, 0.25) is 0 Å². The zero-order chi connectivity index (χ0) is 8.16. The lowest BCUT2D eigenvalue weighted by molar-refractivity contribution is -0.0511. The highest BCUT2D eigenvalue weighted by molar-refractivity contribution is 4.81. The molecule has 0 aromatic heterocycles. The van der Waals surface area contributed by atoms with E-state index in [2.05, 4.69) is 19.2 Å². The van der Waals surface area contributed by atoms with E-state index in [0.717, 1.165) is 39.0 Å². The van der Waals surface area contributed by atoms with E-state index in [-0.39, 0.29) is 5.60 Å². The van der Waals surface area contributed by atoms with Crippen LogP contribution in [0.3, 0.4) is 0 Å². The maximum atomic E-state index is 5.78. The van der Waals surface area contributed by atoms with Crippen molar-refractivity contribution >= 4 is 0 Å². The van der Waals surface area contributed by atoms with Gasteiger partial charge in [-0.05, 0) is 39.3 Å². The van der Waals surface area contributed by atoms with Gasteiger partial charge in [-0.3, -0.25) is 0 Å². The number of ether oxygens (including phenoxy) is 1. The highest BCUT2D eigenvalue weighted by Gasteiger charge is 2.26.